The van der Waals surface area contributed by atoms with Crippen LogP contribution in [0, 0.1) is 12.8 Å². The Bertz CT molecular complexity index is 1150. The second kappa shape index (κ2) is 10.4. The number of carbonyl (C=O) groups excluding carboxylic acids is 3. The van der Waals surface area contributed by atoms with E-state index in [0.717, 1.165) is 35.3 Å². The Balaban J connectivity index is 1.33. The number of para-hydroxylation sites is 1. The number of amides is 3. The first-order valence-corrected chi connectivity index (χ1v) is 11.6. The lowest BCUT2D eigenvalue weighted by Gasteiger charge is -2.31. The molecule has 1 aliphatic heterocycles. The van der Waals surface area contributed by atoms with Crippen molar-refractivity contribution in [1.29, 1.82) is 0 Å². The molecule has 4 rings (SSSR count). The Morgan fingerprint density at radius 3 is 2.64 bits per heavy atom. The summed E-state index contributed by atoms with van der Waals surface area (Å²) in [4.78, 5) is 39.7. The first-order chi connectivity index (χ1) is 16.0. The van der Waals surface area contributed by atoms with Crippen molar-refractivity contribution in [2.24, 2.45) is 5.92 Å². The van der Waals surface area contributed by atoms with Crippen molar-refractivity contribution in [3.8, 4) is 0 Å². The molecule has 0 unspecified atom stereocenters. The molecule has 1 aliphatic rings. The third kappa shape index (κ3) is 5.81. The van der Waals surface area contributed by atoms with E-state index in [1.54, 1.807) is 17.0 Å². The highest BCUT2D eigenvalue weighted by atomic mass is 32.1. The predicted octanol–water partition coefficient (Wildman–Crippen LogP) is 3.27. The largest absolute Gasteiger partial charge is 0.352 e. The number of rotatable bonds is 6. The molecule has 1 fully saturated rings. The maximum atomic E-state index is 12.9. The second-order valence-corrected chi connectivity index (χ2v) is 9.01. The highest BCUT2D eigenvalue weighted by Gasteiger charge is 2.30. The molecule has 2 aromatic carbocycles. The molecule has 2 N–H and O–H groups in total. The lowest BCUT2D eigenvalue weighted by Crippen LogP contribution is -2.45. The summed E-state index contributed by atoms with van der Waals surface area (Å²) in [6.45, 7) is 3.34. The Kier molecular flexibility index (Phi) is 7.09. The van der Waals surface area contributed by atoms with Crippen molar-refractivity contribution in [1.82, 2.24) is 20.4 Å². The maximum absolute atomic E-state index is 12.9. The Morgan fingerprint density at radius 2 is 1.85 bits per heavy atom. The van der Waals surface area contributed by atoms with E-state index in [9.17, 15) is 14.4 Å². The van der Waals surface area contributed by atoms with Crippen LogP contribution in [0.25, 0.3) is 0 Å². The molecule has 8 nitrogen and oxygen atoms in total. The van der Waals surface area contributed by atoms with Crippen LogP contribution in [-0.2, 0) is 11.3 Å². The fourth-order valence-electron chi connectivity index (χ4n) is 3.77. The van der Waals surface area contributed by atoms with Crippen LogP contribution in [-0.4, -0.2) is 45.9 Å². The number of aromatic nitrogens is 2. The molecule has 170 valence electrons. The first kappa shape index (κ1) is 22.6. The van der Waals surface area contributed by atoms with Gasteiger partial charge in [0.2, 0.25) is 15.9 Å². The SMILES string of the molecule is Cc1cccc(CNC(=O)[C@H]2CCCN(C(=O)c3nnc(C(=O)Nc4ccccc4)s3)C2)c1. The van der Waals surface area contributed by atoms with Gasteiger partial charge in [0.05, 0.1) is 5.92 Å². The van der Waals surface area contributed by atoms with Crippen molar-refractivity contribution in [2.75, 3.05) is 18.4 Å². The Morgan fingerprint density at radius 1 is 1.06 bits per heavy atom. The number of likely N-dealkylation sites (tertiary alicyclic amines) is 1. The van der Waals surface area contributed by atoms with Crippen LogP contribution in [0.4, 0.5) is 5.69 Å². The number of hydrogen-bond acceptors (Lipinski definition) is 6. The number of piperidine rings is 1. The van der Waals surface area contributed by atoms with Crippen molar-refractivity contribution in [3.63, 3.8) is 0 Å². The molecule has 33 heavy (non-hydrogen) atoms. The maximum Gasteiger partial charge on any atom is 0.286 e. The molecule has 0 aliphatic carbocycles. The van der Waals surface area contributed by atoms with Gasteiger partial charge in [-0.25, -0.2) is 0 Å². The van der Waals surface area contributed by atoms with Crippen LogP contribution < -0.4 is 10.6 Å². The van der Waals surface area contributed by atoms with Crippen molar-refractivity contribution in [2.45, 2.75) is 26.3 Å². The molecule has 0 saturated carbocycles. The Labute approximate surface area is 196 Å². The number of benzene rings is 2. The summed E-state index contributed by atoms with van der Waals surface area (Å²) in [7, 11) is 0. The molecule has 1 saturated heterocycles. The minimum absolute atomic E-state index is 0.0609. The van der Waals surface area contributed by atoms with Crippen LogP contribution in [0.3, 0.4) is 0 Å². The van der Waals surface area contributed by atoms with Gasteiger partial charge in [0, 0.05) is 25.3 Å². The number of carbonyl (C=O) groups is 3. The van der Waals surface area contributed by atoms with Gasteiger partial charge >= 0.3 is 0 Å². The average Bonchev–Trinajstić information content (AvgIpc) is 3.33. The summed E-state index contributed by atoms with van der Waals surface area (Å²) in [6, 6.07) is 17.0. The zero-order valence-corrected chi connectivity index (χ0v) is 19.1. The highest BCUT2D eigenvalue weighted by molar-refractivity contribution is 7.15. The van der Waals surface area contributed by atoms with Crippen LogP contribution in [0.2, 0.25) is 0 Å². The molecule has 0 bridgehead atoms. The van der Waals surface area contributed by atoms with E-state index < -0.39 is 5.91 Å². The zero-order valence-electron chi connectivity index (χ0n) is 18.3. The van der Waals surface area contributed by atoms with Crippen molar-refractivity contribution >= 4 is 34.7 Å². The molecular formula is C24H25N5O3S. The summed E-state index contributed by atoms with van der Waals surface area (Å²) < 4.78 is 0. The number of aryl methyl sites for hydroxylation is 1. The second-order valence-electron chi connectivity index (χ2n) is 8.03. The number of nitrogens with zero attached hydrogens (tertiary/aromatic N) is 3. The topological polar surface area (TPSA) is 104 Å². The molecule has 0 spiro atoms. The molecular weight excluding hydrogens is 438 g/mol. The van der Waals surface area contributed by atoms with Gasteiger partial charge in [-0.15, -0.1) is 10.2 Å². The van der Waals surface area contributed by atoms with E-state index in [2.05, 4.69) is 20.8 Å². The highest BCUT2D eigenvalue weighted by Crippen LogP contribution is 2.21. The van der Waals surface area contributed by atoms with E-state index in [4.69, 9.17) is 0 Å². The van der Waals surface area contributed by atoms with E-state index in [0.29, 0.717) is 25.3 Å². The van der Waals surface area contributed by atoms with Crippen LogP contribution in [0.5, 0.6) is 0 Å². The van der Waals surface area contributed by atoms with Crippen molar-refractivity contribution < 1.29 is 14.4 Å². The fourth-order valence-corrected chi connectivity index (χ4v) is 4.48. The van der Waals surface area contributed by atoms with Gasteiger partial charge < -0.3 is 15.5 Å². The molecule has 9 heteroatoms. The Hall–Kier alpha value is -3.59. The zero-order chi connectivity index (χ0) is 23.2. The summed E-state index contributed by atoms with van der Waals surface area (Å²) >= 11 is 0.954. The third-order valence-electron chi connectivity index (χ3n) is 5.46. The summed E-state index contributed by atoms with van der Waals surface area (Å²) in [5.41, 5.74) is 2.83. The van der Waals surface area contributed by atoms with E-state index >= 15 is 0 Å². The lowest BCUT2D eigenvalue weighted by molar-refractivity contribution is -0.126. The average molecular weight is 464 g/mol. The van der Waals surface area contributed by atoms with E-state index in [1.165, 1.54) is 0 Å². The number of anilines is 1. The van der Waals surface area contributed by atoms with Gasteiger partial charge in [0.25, 0.3) is 11.8 Å². The molecule has 1 aromatic heterocycles. The lowest BCUT2D eigenvalue weighted by atomic mass is 9.97. The minimum Gasteiger partial charge on any atom is -0.352 e. The van der Waals surface area contributed by atoms with Gasteiger partial charge in [-0.05, 0) is 37.5 Å². The predicted molar refractivity (Wildman–Crippen MR) is 126 cm³/mol. The van der Waals surface area contributed by atoms with Gasteiger partial charge in [-0.1, -0.05) is 59.4 Å². The summed E-state index contributed by atoms with van der Waals surface area (Å²) in [5, 5.41) is 13.8. The van der Waals surface area contributed by atoms with Crippen LogP contribution in [0.1, 0.15) is 43.6 Å². The van der Waals surface area contributed by atoms with Crippen LogP contribution in [0.15, 0.2) is 54.6 Å². The standard InChI is InChI=1S/C24H25N5O3S/c1-16-7-5-8-17(13-16)14-25-20(30)18-9-6-12-29(15-18)24(32)23-28-27-22(33-23)21(31)26-19-10-3-2-4-11-19/h2-5,7-8,10-11,13,18H,6,9,12,14-15H2,1H3,(H,25,30)(H,26,31)/t18-/m0/s1. The minimum atomic E-state index is -0.412. The summed E-state index contributed by atoms with van der Waals surface area (Å²) in [6.07, 6.45) is 1.46. The van der Waals surface area contributed by atoms with Crippen molar-refractivity contribution in [3.05, 3.63) is 75.7 Å². The molecule has 1 atom stereocenters. The number of hydrogen-bond donors (Lipinski definition) is 2. The summed E-state index contributed by atoms with van der Waals surface area (Å²) in [5.74, 6) is -1.05. The molecule has 3 amide bonds. The van der Waals surface area contributed by atoms with E-state index in [-0.39, 0.29) is 27.7 Å². The van der Waals surface area contributed by atoms with Crippen LogP contribution >= 0.6 is 11.3 Å². The van der Waals surface area contributed by atoms with Gasteiger partial charge in [-0.2, -0.15) is 0 Å². The fraction of sp³-hybridized carbons (Fsp3) is 0.292. The van der Waals surface area contributed by atoms with Gasteiger partial charge in [-0.3, -0.25) is 14.4 Å². The quantitative estimate of drug-likeness (QED) is 0.584. The smallest absolute Gasteiger partial charge is 0.286 e. The molecule has 2 heterocycles. The molecule has 0 radical (unpaired) electrons. The van der Waals surface area contributed by atoms with Gasteiger partial charge in [0.15, 0.2) is 0 Å². The van der Waals surface area contributed by atoms with Gasteiger partial charge in [0.1, 0.15) is 0 Å². The van der Waals surface area contributed by atoms with E-state index in [1.807, 2.05) is 49.4 Å². The third-order valence-corrected chi connectivity index (χ3v) is 6.37. The monoisotopic (exact) mass is 463 g/mol. The first-order valence-electron chi connectivity index (χ1n) is 10.8. The normalized spacial score (nSPS) is 15.7. The molecule has 3 aromatic rings. The number of nitrogens with one attached hydrogen (secondary N) is 2.